The standard InChI is InChI=1S/C8H18O2/c1-3-5-8(4-2)10-7-6-9/h8-9H,3-7H2,1-2H3. The van der Waals surface area contributed by atoms with E-state index < -0.39 is 0 Å². The number of hydrogen-bond donors (Lipinski definition) is 1. The second-order valence-electron chi connectivity index (χ2n) is 2.41. The summed E-state index contributed by atoms with van der Waals surface area (Å²) in [6.45, 7) is 4.88. The molecule has 0 aromatic rings. The molecule has 0 aliphatic carbocycles. The summed E-state index contributed by atoms with van der Waals surface area (Å²) in [4.78, 5) is 0. The minimum absolute atomic E-state index is 0.139. The van der Waals surface area contributed by atoms with Gasteiger partial charge in [-0.2, -0.15) is 0 Å². The van der Waals surface area contributed by atoms with Gasteiger partial charge in [0, 0.05) is 0 Å². The van der Waals surface area contributed by atoms with E-state index >= 15 is 0 Å². The first kappa shape index (κ1) is 9.92. The third-order valence-corrected chi connectivity index (χ3v) is 1.51. The predicted molar refractivity (Wildman–Crippen MR) is 42.0 cm³/mol. The van der Waals surface area contributed by atoms with Crippen LogP contribution in [0.2, 0.25) is 0 Å². The first-order valence-electron chi connectivity index (χ1n) is 4.07. The van der Waals surface area contributed by atoms with Crippen LogP contribution in [0, 0.1) is 0 Å². The Bertz CT molecular complexity index is 64.3. The molecular weight excluding hydrogens is 128 g/mol. The van der Waals surface area contributed by atoms with Crippen LogP contribution in [0.3, 0.4) is 0 Å². The molecule has 1 unspecified atom stereocenters. The minimum Gasteiger partial charge on any atom is -0.394 e. The van der Waals surface area contributed by atoms with Gasteiger partial charge in [0.1, 0.15) is 0 Å². The van der Waals surface area contributed by atoms with Crippen molar-refractivity contribution in [3.8, 4) is 0 Å². The summed E-state index contributed by atoms with van der Waals surface area (Å²) in [7, 11) is 0. The molecule has 62 valence electrons. The molecule has 1 N–H and O–H groups in total. The van der Waals surface area contributed by atoms with Crippen molar-refractivity contribution in [2.45, 2.75) is 39.2 Å². The molecule has 0 amide bonds. The molecule has 2 heteroatoms. The van der Waals surface area contributed by atoms with Crippen molar-refractivity contribution in [2.24, 2.45) is 0 Å². The molecule has 0 heterocycles. The quantitative estimate of drug-likeness (QED) is 0.616. The van der Waals surface area contributed by atoms with E-state index in [4.69, 9.17) is 9.84 Å². The largest absolute Gasteiger partial charge is 0.394 e. The second-order valence-corrected chi connectivity index (χ2v) is 2.41. The van der Waals surface area contributed by atoms with Crippen molar-refractivity contribution in [3.05, 3.63) is 0 Å². The highest BCUT2D eigenvalue weighted by Crippen LogP contribution is 2.05. The van der Waals surface area contributed by atoms with Gasteiger partial charge in [0.2, 0.25) is 0 Å². The Labute approximate surface area is 63.2 Å². The molecule has 0 saturated carbocycles. The van der Waals surface area contributed by atoms with Gasteiger partial charge in [-0.05, 0) is 12.8 Å². The van der Waals surface area contributed by atoms with E-state index in [2.05, 4.69) is 13.8 Å². The average molecular weight is 146 g/mol. The van der Waals surface area contributed by atoms with Gasteiger partial charge in [0.05, 0.1) is 19.3 Å². The van der Waals surface area contributed by atoms with E-state index in [-0.39, 0.29) is 6.61 Å². The van der Waals surface area contributed by atoms with Gasteiger partial charge in [0.15, 0.2) is 0 Å². The molecule has 0 fully saturated rings. The van der Waals surface area contributed by atoms with Crippen molar-refractivity contribution in [1.82, 2.24) is 0 Å². The van der Waals surface area contributed by atoms with Crippen LogP contribution < -0.4 is 0 Å². The molecule has 2 nitrogen and oxygen atoms in total. The Morgan fingerprint density at radius 3 is 2.50 bits per heavy atom. The fraction of sp³-hybridized carbons (Fsp3) is 1.00. The number of ether oxygens (including phenoxy) is 1. The predicted octanol–water partition coefficient (Wildman–Crippen LogP) is 1.57. The van der Waals surface area contributed by atoms with E-state index in [1.807, 2.05) is 0 Å². The average Bonchev–Trinajstić information content (AvgIpc) is 1.98. The van der Waals surface area contributed by atoms with Gasteiger partial charge in [0.25, 0.3) is 0 Å². The molecule has 0 rings (SSSR count). The summed E-state index contributed by atoms with van der Waals surface area (Å²) in [6, 6.07) is 0. The van der Waals surface area contributed by atoms with Crippen LogP contribution in [0.1, 0.15) is 33.1 Å². The van der Waals surface area contributed by atoms with E-state index in [9.17, 15) is 0 Å². The third kappa shape index (κ3) is 4.77. The lowest BCUT2D eigenvalue weighted by molar-refractivity contribution is 0.0218. The molecule has 0 spiro atoms. The molecule has 0 radical (unpaired) electrons. The monoisotopic (exact) mass is 146 g/mol. The van der Waals surface area contributed by atoms with Crippen LogP contribution in [0.15, 0.2) is 0 Å². The van der Waals surface area contributed by atoms with Crippen LogP contribution in [-0.2, 0) is 4.74 Å². The number of rotatable bonds is 6. The summed E-state index contributed by atoms with van der Waals surface area (Å²) in [5, 5.41) is 8.45. The van der Waals surface area contributed by atoms with E-state index in [1.54, 1.807) is 0 Å². The van der Waals surface area contributed by atoms with Crippen molar-refractivity contribution in [2.75, 3.05) is 13.2 Å². The van der Waals surface area contributed by atoms with E-state index in [0.29, 0.717) is 12.7 Å². The SMILES string of the molecule is CCCC(CC)OCCO. The number of hydrogen-bond acceptors (Lipinski definition) is 2. The fourth-order valence-electron chi connectivity index (χ4n) is 0.947. The molecule has 0 aliphatic heterocycles. The summed E-state index contributed by atoms with van der Waals surface area (Å²) >= 11 is 0. The van der Waals surface area contributed by atoms with Crippen LogP contribution in [0.4, 0.5) is 0 Å². The van der Waals surface area contributed by atoms with E-state index in [1.165, 1.54) is 0 Å². The number of aliphatic hydroxyl groups is 1. The first-order chi connectivity index (χ1) is 4.85. The minimum atomic E-state index is 0.139. The Morgan fingerprint density at radius 2 is 2.10 bits per heavy atom. The molecule has 1 atom stereocenters. The molecular formula is C8H18O2. The fourth-order valence-corrected chi connectivity index (χ4v) is 0.947. The highest BCUT2D eigenvalue weighted by Gasteiger charge is 2.02. The summed E-state index contributed by atoms with van der Waals surface area (Å²) in [6.07, 6.45) is 3.67. The zero-order chi connectivity index (χ0) is 7.82. The lowest BCUT2D eigenvalue weighted by atomic mass is 10.2. The molecule has 0 saturated heterocycles. The zero-order valence-corrected chi connectivity index (χ0v) is 6.97. The van der Waals surface area contributed by atoms with Gasteiger partial charge < -0.3 is 9.84 Å². The van der Waals surface area contributed by atoms with Crippen LogP contribution in [0.25, 0.3) is 0 Å². The maximum absolute atomic E-state index is 8.45. The van der Waals surface area contributed by atoms with E-state index in [0.717, 1.165) is 19.3 Å². The highest BCUT2D eigenvalue weighted by atomic mass is 16.5. The molecule has 0 aromatic heterocycles. The Balaban J connectivity index is 3.21. The lowest BCUT2D eigenvalue weighted by Crippen LogP contribution is -2.13. The molecule has 0 bridgehead atoms. The normalized spacial score (nSPS) is 13.5. The van der Waals surface area contributed by atoms with Crippen molar-refractivity contribution in [1.29, 1.82) is 0 Å². The topological polar surface area (TPSA) is 29.5 Å². The third-order valence-electron chi connectivity index (χ3n) is 1.51. The van der Waals surface area contributed by atoms with Gasteiger partial charge in [-0.1, -0.05) is 20.3 Å². The Hall–Kier alpha value is -0.0800. The molecule has 10 heavy (non-hydrogen) atoms. The first-order valence-corrected chi connectivity index (χ1v) is 4.07. The van der Waals surface area contributed by atoms with Crippen LogP contribution >= 0.6 is 0 Å². The van der Waals surface area contributed by atoms with Gasteiger partial charge in [-0.25, -0.2) is 0 Å². The summed E-state index contributed by atoms with van der Waals surface area (Å²) in [5.74, 6) is 0. The van der Waals surface area contributed by atoms with Gasteiger partial charge in [-0.15, -0.1) is 0 Å². The van der Waals surface area contributed by atoms with Crippen LogP contribution in [0.5, 0.6) is 0 Å². The van der Waals surface area contributed by atoms with Crippen molar-refractivity contribution >= 4 is 0 Å². The maximum atomic E-state index is 8.45. The van der Waals surface area contributed by atoms with Crippen molar-refractivity contribution in [3.63, 3.8) is 0 Å². The Kier molecular flexibility index (Phi) is 6.98. The summed E-state index contributed by atoms with van der Waals surface area (Å²) in [5.41, 5.74) is 0. The van der Waals surface area contributed by atoms with Gasteiger partial charge in [-0.3, -0.25) is 0 Å². The Morgan fingerprint density at radius 1 is 1.40 bits per heavy atom. The smallest absolute Gasteiger partial charge is 0.0701 e. The summed E-state index contributed by atoms with van der Waals surface area (Å²) < 4.78 is 5.33. The molecule has 0 aromatic carbocycles. The van der Waals surface area contributed by atoms with Gasteiger partial charge >= 0.3 is 0 Å². The molecule has 0 aliphatic rings. The highest BCUT2D eigenvalue weighted by molar-refractivity contribution is 4.52. The van der Waals surface area contributed by atoms with Crippen molar-refractivity contribution < 1.29 is 9.84 Å². The number of aliphatic hydroxyl groups excluding tert-OH is 1. The second kappa shape index (κ2) is 7.03. The lowest BCUT2D eigenvalue weighted by Gasteiger charge is -2.13. The zero-order valence-electron chi connectivity index (χ0n) is 6.97. The maximum Gasteiger partial charge on any atom is 0.0701 e. The van der Waals surface area contributed by atoms with Crippen LogP contribution in [-0.4, -0.2) is 24.4 Å².